The normalized spacial score (nSPS) is 23.5. The van der Waals surface area contributed by atoms with E-state index in [0.717, 1.165) is 30.1 Å². The predicted molar refractivity (Wildman–Crippen MR) is 134 cm³/mol. The van der Waals surface area contributed by atoms with Crippen LogP contribution in [0.15, 0.2) is 35.4 Å². The summed E-state index contributed by atoms with van der Waals surface area (Å²) in [6.45, 7) is 2.91. The average Bonchev–Trinajstić information content (AvgIpc) is 3.18. The third-order valence-corrected chi connectivity index (χ3v) is 7.98. The zero-order chi connectivity index (χ0) is 24.6. The number of fused-ring (bicyclic) bond motifs is 4. The summed E-state index contributed by atoms with van der Waals surface area (Å²) in [7, 11) is 1.55. The van der Waals surface area contributed by atoms with Gasteiger partial charge in [0, 0.05) is 43.9 Å². The molecule has 2 bridgehead atoms. The molecule has 11 heteroatoms. The minimum absolute atomic E-state index is 0.0160. The van der Waals surface area contributed by atoms with Crippen molar-refractivity contribution in [2.24, 2.45) is 0 Å². The van der Waals surface area contributed by atoms with Crippen LogP contribution in [0, 0.1) is 5.82 Å². The summed E-state index contributed by atoms with van der Waals surface area (Å²) in [6.07, 6.45) is 2.93. The van der Waals surface area contributed by atoms with E-state index in [-0.39, 0.29) is 30.0 Å². The van der Waals surface area contributed by atoms with Gasteiger partial charge >= 0.3 is 0 Å². The summed E-state index contributed by atoms with van der Waals surface area (Å²) in [4.78, 5) is 28.2. The van der Waals surface area contributed by atoms with Crippen molar-refractivity contribution >= 4 is 34.5 Å². The number of ether oxygens (including phenoxy) is 2. The Morgan fingerprint density at radius 3 is 3.08 bits per heavy atom. The Balaban J connectivity index is 1.08. The van der Waals surface area contributed by atoms with E-state index in [4.69, 9.17) is 9.47 Å². The molecule has 3 aliphatic rings. The number of rotatable bonds is 7. The van der Waals surface area contributed by atoms with Gasteiger partial charge in [-0.1, -0.05) is 0 Å². The van der Waals surface area contributed by atoms with Crippen molar-refractivity contribution in [3.63, 3.8) is 0 Å². The first kappa shape index (κ1) is 23.5. The fourth-order valence-electron chi connectivity index (χ4n) is 5.17. The molecule has 188 valence electrons. The molecular weight excluding hydrogens is 483 g/mol. The van der Waals surface area contributed by atoms with E-state index >= 15 is 0 Å². The maximum absolute atomic E-state index is 14.7. The molecule has 0 unspecified atom stereocenters. The first-order valence-electron chi connectivity index (χ1n) is 12.1. The number of carbonyl (C=O) groups excluding carboxylic acids is 1. The molecule has 6 heterocycles. The molecule has 3 aromatic rings. The Morgan fingerprint density at radius 2 is 2.19 bits per heavy atom. The number of pyridine rings is 3. The van der Waals surface area contributed by atoms with Crippen LogP contribution in [0.5, 0.6) is 5.88 Å². The van der Waals surface area contributed by atoms with Crippen molar-refractivity contribution in [1.82, 2.24) is 25.2 Å². The number of carbonyl (C=O) groups is 1. The molecule has 3 atom stereocenters. The standard InChI is InChI=1S/C25H27FN6O3S/c1-34-23-5-3-18-24(31-23)16(17(26)10-28-18)6-7-32-11-15-8-19(20(12-32)35-15)27-9-14-2-4-21-25(29-14)30-22(33)13-36-21/h2-5,10,15,19-20,27H,6-9,11-13H2,1H3,(H,29,30,33)/t15-,19+,20+/m1/s1. The van der Waals surface area contributed by atoms with E-state index in [9.17, 15) is 9.18 Å². The third-order valence-electron chi connectivity index (χ3n) is 6.94. The highest BCUT2D eigenvalue weighted by Crippen LogP contribution is 2.31. The van der Waals surface area contributed by atoms with Crippen LogP contribution in [0.3, 0.4) is 0 Å². The first-order valence-corrected chi connectivity index (χ1v) is 13.1. The van der Waals surface area contributed by atoms with Crippen LogP contribution in [0.1, 0.15) is 17.7 Å². The van der Waals surface area contributed by atoms with E-state index in [1.807, 2.05) is 12.1 Å². The quantitative estimate of drug-likeness (QED) is 0.496. The van der Waals surface area contributed by atoms with Crippen molar-refractivity contribution in [2.45, 2.75) is 42.5 Å². The molecule has 2 N–H and O–H groups in total. The summed E-state index contributed by atoms with van der Waals surface area (Å²) < 4.78 is 26.1. The second-order valence-electron chi connectivity index (χ2n) is 9.32. The molecule has 0 spiro atoms. The number of amides is 1. The topological polar surface area (TPSA) is 102 Å². The molecule has 0 aromatic carbocycles. The van der Waals surface area contributed by atoms with Gasteiger partial charge in [0.25, 0.3) is 0 Å². The zero-order valence-corrected chi connectivity index (χ0v) is 20.7. The highest BCUT2D eigenvalue weighted by molar-refractivity contribution is 8.00. The Kier molecular flexibility index (Phi) is 6.46. The van der Waals surface area contributed by atoms with Crippen LogP contribution in [0.25, 0.3) is 11.0 Å². The maximum atomic E-state index is 14.7. The van der Waals surface area contributed by atoms with Gasteiger partial charge in [-0.3, -0.25) is 14.7 Å². The summed E-state index contributed by atoms with van der Waals surface area (Å²) in [5, 5.41) is 6.45. The van der Waals surface area contributed by atoms with Gasteiger partial charge in [0.15, 0.2) is 0 Å². The molecule has 0 radical (unpaired) electrons. The number of anilines is 1. The van der Waals surface area contributed by atoms with Crippen molar-refractivity contribution in [2.75, 3.05) is 37.8 Å². The lowest BCUT2D eigenvalue weighted by Gasteiger charge is -2.33. The Hall–Kier alpha value is -2.86. The second kappa shape index (κ2) is 9.89. The van der Waals surface area contributed by atoms with Gasteiger partial charge in [0.2, 0.25) is 11.8 Å². The Bertz CT molecular complexity index is 1310. The van der Waals surface area contributed by atoms with E-state index < -0.39 is 0 Å². The van der Waals surface area contributed by atoms with Gasteiger partial charge < -0.3 is 20.1 Å². The van der Waals surface area contributed by atoms with Crippen LogP contribution in [-0.2, 0) is 22.5 Å². The van der Waals surface area contributed by atoms with Gasteiger partial charge in [-0.05, 0) is 31.0 Å². The number of methoxy groups -OCH3 is 1. The number of thioether (sulfide) groups is 1. The van der Waals surface area contributed by atoms with Gasteiger partial charge in [-0.25, -0.2) is 14.4 Å². The first-order chi connectivity index (χ1) is 17.6. The lowest BCUT2D eigenvalue weighted by Crippen LogP contribution is -2.47. The monoisotopic (exact) mass is 510 g/mol. The van der Waals surface area contributed by atoms with Crippen LogP contribution in [0.4, 0.5) is 10.2 Å². The van der Waals surface area contributed by atoms with Crippen LogP contribution >= 0.6 is 11.8 Å². The molecule has 1 amide bonds. The third kappa shape index (κ3) is 4.75. The van der Waals surface area contributed by atoms with E-state index in [1.165, 1.54) is 18.0 Å². The fraction of sp³-hybridized carbons (Fsp3) is 0.440. The van der Waals surface area contributed by atoms with Crippen LogP contribution in [0.2, 0.25) is 0 Å². The van der Waals surface area contributed by atoms with Crippen LogP contribution < -0.4 is 15.4 Å². The number of nitrogens with zero attached hydrogens (tertiary/aromatic N) is 4. The molecule has 9 nitrogen and oxygen atoms in total. The minimum atomic E-state index is -0.342. The fourth-order valence-corrected chi connectivity index (χ4v) is 5.93. The summed E-state index contributed by atoms with van der Waals surface area (Å²) in [5.41, 5.74) is 2.67. The van der Waals surface area contributed by atoms with Crippen molar-refractivity contribution in [1.29, 1.82) is 0 Å². The van der Waals surface area contributed by atoms with Gasteiger partial charge in [-0.15, -0.1) is 11.8 Å². The van der Waals surface area contributed by atoms with E-state index in [0.29, 0.717) is 53.6 Å². The number of morpholine rings is 1. The van der Waals surface area contributed by atoms with Crippen LogP contribution in [-0.4, -0.2) is 76.5 Å². The van der Waals surface area contributed by atoms with Crippen molar-refractivity contribution in [3.8, 4) is 5.88 Å². The molecule has 2 saturated heterocycles. The maximum Gasteiger partial charge on any atom is 0.235 e. The summed E-state index contributed by atoms with van der Waals surface area (Å²) in [6, 6.07) is 7.77. The Labute approximate surface area is 212 Å². The average molecular weight is 511 g/mol. The molecular formula is C25H27FN6O3S. The molecule has 3 aliphatic heterocycles. The molecule has 6 rings (SSSR count). The molecule has 36 heavy (non-hydrogen) atoms. The predicted octanol–water partition coefficient (Wildman–Crippen LogP) is 2.39. The van der Waals surface area contributed by atoms with Gasteiger partial charge in [0.05, 0.1) is 52.9 Å². The molecule has 3 aromatic heterocycles. The van der Waals surface area contributed by atoms with Gasteiger partial charge in [0.1, 0.15) is 11.6 Å². The number of hydrogen-bond donors (Lipinski definition) is 2. The Morgan fingerprint density at radius 1 is 1.28 bits per heavy atom. The summed E-state index contributed by atoms with van der Waals surface area (Å²) in [5.74, 6) is 1.17. The highest BCUT2D eigenvalue weighted by atomic mass is 32.2. The van der Waals surface area contributed by atoms with Crippen molar-refractivity contribution in [3.05, 3.63) is 47.5 Å². The molecule has 2 fully saturated rings. The largest absolute Gasteiger partial charge is 0.481 e. The number of hydrogen-bond acceptors (Lipinski definition) is 9. The SMILES string of the molecule is COc1ccc2ncc(F)c(CCN3C[C@H]4C[C@H](NCc5ccc6c(n5)NC(=O)CS6)[C@H](C3)O4)c2n1. The number of halogens is 1. The molecule has 0 aliphatic carbocycles. The highest BCUT2D eigenvalue weighted by Gasteiger charge is 2.40. The number of aromatic nitrogens is 3. The van der Waals surface area contributed by atoms with Crippen molar-refractivity contribution < 1.29 is 18.7 Å². The lowest BCUT2D eigenvalue weighted by atomic mass is 10.1. The number of likely N-dealkylation sites (tertiary alicyclic amines) is 1. The van der Waals surface area contributed by atoms with Gasteiger partial charge in [-0.2, -0.15) is 0 Å². The van der Waals surface area contributed by atoms with E-state index in [1.54, 1.807) is 19.2 Å². The minimum Gasteiger partial charge on any atom is -0.481 e. The smallest absolute Gasteiger partial charge is 0.235 e. The zero-order valence-electron chi connectivity index (χ0n) is 19.9. The molecule has 0 saturated carbocycles. The summed E-state index contributed by atoms with van der Waals surface area (Å²) >= 11 is 1.51. The van der Waals surface area contributed by atoms with E-state index in [2.05, 4.69) is 30.5 Å². The number of nitrogens with one attached hydrogen (secondary N) is 2. The lowest BCUT2D eigenvalue weighted by molar-refractivity contribution is -0.113. The second-order valence-corrected chi connectivity index (χ2v) is 10.3.